The van der Waals surface area contributed by atoms with Gasteiger partial charge in [-0.1, -0.05) is 58.4 Å². The van der Waals surface area contributed by atoms with Gasteiger partial charge in [0, 0.05) is 11.2 Å². The lowest BCUT2D eigenvalue weighted by Gasteiger charge is -2.06. The first kappa shape index (κ1) is 11.5. The average molecular weight is 302 g/mol. The largest absolute Gasteiger partial charge is 0.441 e. The van der Waals surface area contributed by atoms with E-state index in [1.807, 2.05) is 42.5 Å². The monoisotopic (exact) mass is 301 g/mol. The van der Waals surface area contributed by atoms with Crippen LogP contribution in [-0.4, -0.2) is 4.98 Å². The van der Waals surface area contributed by atoms with Gasteiger partial charge in [0.1, 0.15) is 5.52 Å². The number of rotatable bonds is 3. The molecule has 0 saturated carbocycles. The second kappa shape index (κ2) is 4.94. The van der Waals surface area contributed by atoms with Gasteiger partial charge in [-0.15, -0.1) is 0 Å². The molecule has 1 unspecified atom stereocenters. The highest BCUT2D eigenvalue weighted by Crippen LogP contribution is 2.27. The first-order chi connectivity index (χ1) is 8.83. The van der Waals surface area contributed by atoms with Crippen molar-refractivity contribution in [1.82, 2.24) is 4.98 Å². The fourth-order valence-electron chi connectivity index (χ4n) is 1.94. The molecule has 1 atom stereocenters. The quantitative estimate of drug-likeness (QED) is 0.665. The molecule has 0 aliphatic carbocycles. The zero-order valence-corrected chi connectivity index (χ0v) is 11.3. The Morgan fingerprint density at radius 3 is 2.50 bits per heavy atom. The molecule has 0 N–H and O–H groups in total. The number of hydrogen-bond acceptors (Lipinski definition) is 2. The van der Waals surface area contributed by atoms with Crippen LogP contribution in [0.25, 0.3) is 11.1 Å². The first-order valence-corrected chi connectivity index (χ1v) is 6.78. The minimum Gasteiger partial charge on any atom is -0.441 e. The molecule has 0 bridgehead atoms. The van der Waals surface area contributed by atoms with Crippen molar-refractivity contribution in [1.29, 1.82) is 0 Å². The topological polar surface area (TPSA) is 26.0 Å². The molecule has 18 heavy (non-hydrogen) atoms. The maximum Gasteiger partial charge on any atom is 0.196 e. The number of nitrogens with zero attached hydrogens (tertiary/aromatic N) is 1. The Labute approximate surface area is 114 Å². The molecule has 2 aromatic carbocycles. The predicted molar refractivity (Wildman–Crippen MR) is 75.8 cm³/mol. The number of fused-ring (bicyclic) bond motifs is 1. The van der Waals surface area contributed by atoms with Gasteiger partial charge in [-0.25, -0.2) is 4.98 Å². The van der Waals surface area contributed by atoms with Crippen LogP contribution in [0.1, 0.15) is 16.3 Å². The fraction of sp³-hybridized carbons (Fsp3) is 0.133. The molecular weight excluding hydrogens is 290 g/mol. The van der Waals surface area contributed by atoms with E-state index in [0.717, 1.165) is 23.4 Å². The smallest absolute Gasteiger partial charge is 0.196 e. The fourth-order valence-corrected chi connectivity index (χ4v) is 2.52. The predicted octanol–water partition coefficient (Wildman–Crippen LogP) is 4.51. The van der Waals surface area contributed by atoms with Crippen LogP contribution in [0.5, 0.6) is 0 Å². The molecule has 90 valence electrons. The Morgan fingerprint density at radius 1 is 1.00 bits per heavy atom. The summed E-state index contributed by atoms with van der Waals surface area (Å²) in [6.45, 7) is 0. The minimum absolute atomic E-state index is 0.228. The summed E-state index contributed by atoms with van der Waals surface area (Å²) < 4.78 is 5.72. The maximum absolute atomic E-state index is 5.72. The van der Waals surface area contributed by atoms with Crippen molar-refractivity contribution in [3.05, 3.63) is 66.1 Å². The number of oxazole rings is 1. The van der Waals surface area contributed by atoms with E-state index < -0.39 is 0 Å². The number of para-hydroxylation sites is 2. The van der Waals surface area contributed by atoms with Crippen LogP contribution in [0.4, 0.5) is 0 Å². The molecule has 0 fully saturated rings. The number of alkyl halides is 1. The van der Waals surface area contributed by atoms with Gasteiger partial charge in [0.15, 0.2) is 11.5 Å². The Hall–Kier alpha value is -1.61. The summed E-state index contributed by atoms with van der Waals surface area (Å²) in [5.41, 5.74) is 3.00. The van der Waals surface area contributed by atoms with E-state index >= 15 is 0 Å². The van der Waals surface area contributed by atoms with Crippen molar-refractivity contribution in [2.75, 3.05) is 0 Å². The van der Waals surface area contributed by atoms with Gasteiger partial charge in [-0.3, -0.25) is 0 Å². The number of hydrogen-bond donors (Lipinski definition) is 0. The van der Waals surface area contributed by atoms with Gasteiger partial charge < -0.3 is 4.42 Å². The second-order valence-electron chi connectivity index (χ2n) is 4.16. The molecule has 0 aliphatic heterocycles. The molecule has 0 amide bonds. The van der Waals surface area contributed by atoms with Crippen molar-refractivity contribution in [2.24, 2.45) is 0 Å². The van der Waals surface area contributed by atoms with Crippen LogP contribution in [-0.2, 0) is 6.42 Å². The van der Waals surface area contributed by atoms with Crippen molar-refractivity contribution in [3.8, 4) is 0 Å². The summed E-state index contributed by atoms with van der Waals surface area (Å²) in [5.74, 6) is 0.766. The van der Waals surface area contributed by atoms with Gasteiger partial charge >= 0.3 is 0 Å². The van der Waals surface area contributed by atoms with Crippen molar-refractivity contribution < 1.29 is 4.42 Å². The maximum atomic E-state index is 5.72. The molecule has 3 heteroatoms. The molecule has 3 rings (SSSR count). The molecule has 0 spiro atoms. The van der Waals surface area contributed by atoms with E-state index in [-0.39, 0.29) is 4.83 Å². The Bertz CT molecular complexity index is 615. The van der Waals surface area contributed by atoms with Crippen LogP contribution in [0.15, 0.2) is 59.0 Å². The van der Waals surface area contributed by atoms with Gasteiger partial charge in [0.05, 0.1) is 0 Å². The number of halogens is 1. The van der Waals surface area contributed by atoms with E-state index in [1.165, 1.54) is 5.56 Å². The standard InChI is InChI=1S/C15H12BrNO/c16-12(11-6-2-1-3-7-11)10-15-17-13-8-4-5-9-14(13)18-15/h1-9,12H,10H2. The highest BCUT2D eigenvalue weighted by atomic mass is 79.9. The number of benzene rings is 2. The van der Waals surface area contributed by atoms with E-state index in [2.05, 4.69) is 33.0 Å². The van der Waals surface area contributed by atoms with Gasteiger partial charge in [-0.05, 0) is 17.7 Å². The lowest BCUT2D eigenvalue weighted by Crippen LogP contribution is -1.95. The molecule has 3 aromatic rings. The lowest BCUT2D eigenvalue weighted by atomic mass is 10.1. The van der Waals surface area contributed by atoms with E-state index in [1.54, 1.807) is 0 Å². The zero-order valence-electron chi connectivity index (χ0n) is 9.71. The van der Waals surface area contributed by atoms with Crippen LogP contribution >= 0.6 is 15.9 Å². The second-order valence-corrected chi connectivity index (χ2v) is 5.26. The first-order valence-electron chi connectivity index (χ1n) is 5.86. The summed E-state index contributed by atoms with van der Waals surface area (Å²) in [4.78, 5) is 4.71. The third-order valence-electron chi connectivity index (χ3n) is 2.85. The van der Waals surface area contributed by atoms with Crippen molar-refractivity contribution >= 4 is 27.0 Å². The summed E-state index contributed by atoms with van der Waals surface area (Å²) in [5, 5.41) is 0. The molecule has 0 saturated heterocycles. The third kappa shape index (κ3) is 2.31. The van der Waals surface area contributed by atoms with Gasteiger partial charge in [0.2, 0.25) is 0 Å². The molecular formula is C15H12BrNO. The molecule has 1 heterocycles. The highest BCUT2D eigenvalue weighted by molar-refractivity contribution is 9.09. The molecule has 2 nitrogen and oxygen atoms in total. The van der Waals surface area contributed by atoms with Crippen molar-refractivity contribution in [2.45, 2.75) is 11.2 Å². The lowest BCUT2D eigenvalue weighted by molar-refractivity contribution is 0.527. The van der Waals surface area contributed by atoms with E-state index in [0.29, 0.717) is 0 Å². The van der Waals surface area contributed by atoms with Crippen LogP contribution < -0.4 is 0 Å². The molecule has 0 aliphatic rings. The van der Waals surface area contributed by atoms with Crippen LogP contribution in [0, 0.1) is 0 Å². The van der Waals surface area contributed by atoms with E-state index in [9.17, 15) is 0 Å². The van der Waals surface area contributed by atoms with Gasteiger partial charge in [0.25, 0.3) is 0 Å². The minimum atomic E-state index is 0.228. The zero-order chi connectivity index (χ0) is 12.4. The summed E-state index contributed by atoms with van der Waals surface area (Å²) >= 11 is 3.68. The van der Waals surface area contributed by atoms with Crippen LogP contribution in [0.2, 0.25) is 0 Å². The Morgan fingerprint density at radius 2 is 1.72 bits per heavy atom. The molecule has 0 radical (unpaired) electrons. The van der Waals surface area contributed by atoms with Crippen molar-refractivity contribution in [3.63, 3.8) is 0 Å². The summed E-state index contributed by atoms with van der Waals surface area (Å²) in [6, 6.07) is 18.1. The highest BCUT2D eigenvalue weighted by Gasteiger charge is 2.12. The summed E-state index contributed by atoms with van der Waals surface area (Å²) in [7, 11) is 0. The average Bonchev–Trinajstić information content (AvgIpc) is 2.82. The third-order valence-corrected chi connectivity index (χ3v) is 3.71. The molecule has 1 aromatic heterocycles. The SMILES string of the molecule is BrC(Cc1nc2ccccc2o1)c1ccccc1. The Balaban J connectivity index is 1.84. The normalized spacial score (nSPS) is 12.7. The van der Waals surface area contributed by atoms with Crippen LogP contribution in [0.3, 0.4) is 0 Å². The Kier molecular flexibility index (Phi) is 3.15. The summed E-state index contributed by atoms with van der Waals surface area (Å²) in [6.07, 6.45) is 0.749. The van der Waals surface area contributed by atoms with E-state index in [4.69, 9.17) is 4.42 Å². The number of aromatic nitrogens is 1. The van der Waals surface area contributed by atoms with Gasteiger partial charge in [-0.2, -0.15) is 0 Å².